The first-order valence-electron chi connectivity index (χ1n) is 6.37. The van der Waals surface area contributed by atoms with Gasteiger partial charge in [-0.1, -0.05) is 17.7 Å². The maximum atomic E-state index is 11.9. The van der Waals surface area contributed by atoms with Gasteiger partial charge in [0.1, 0.15) is 6.04 Å². The summed E-state index contributed by atoms with van der Waals surface area (Å²) in [7, 11) is 4.11. The van der Waals surface area contributed by atoms with Gasteiger partial charge in [-0.05, 0) is 46.6 Å². The Hall–Kier alpha value is -1.39. The molecule has 1 aliphatic rings. The lowest BCUT2D eigenvalue weighted by Crippen LogP contribution is -2.29. The van der Waals surface area contributed by atoms with Crippen LogP contribution in [0.4, 0.5) is 5.69 Å². The van der Waals surface area contributed by atoms with E-state index in [1.807, 2.05) is 19.1 Å². The molecule has 2 N–H and O–H groups in total. The molecule has 2 rings (SSSR count). The number of hydrogen-bond acceptors (Lipinski definition) is 3. The molecule has 1 atom stereocenters. The Kier molecular flexibility index (Phi) is 3.99. The molecule has 0 radical (unpaired) electrons. The number of amides is 1. The Labute approximate surface area is 108 Å². The van der Waals surface area contributed by atoms with Gasteiger partial charge in [-0.2, -0.15) is 0 Å². The summed E-state index contributed by atoms with van der Waals surface area (Å²) >= 11 is 0. The van der Waals surface area contributed by atoms with Gasteiger partial charge >= 0.3 is 0 Å². The van der Waals surface area contributed by atoms with Crippen molar-refractivity contribution in [1.29, 1.82) is 0 Å². The molecule has 0 spiro atoms. The van der Waals surface area contributed by atoms with E-state index < -0.39 is 0 Å². The topological polar surface area (TPSA) is 44.4 Å². The van der Waals surface area contributed by atoms with E-state index in [1.165, 1.54) is 5.56 Å². The van der Waals surface area contributed by atoms with Crippen LogP contribution in [0, 0.1) is 6.92 Å². The highest BCUT2D eigenvalue weighted by Gasteiger charge is 2.29. The number of nitrogens with one attached hydrogen (secondary N) is 2. The fourth-order valence-corrected chi connectivity index (χ4v) is 2.23. The number of carbonyl (C=O) groups is 1. The van der Waals surface area contributed by atoms with Gasteiger partial charge in [-0.15, -0.1) is 0 Å². The lowest BCUT2D eigenvalue weighted by atomic mass is 10.1. The number of nitrogens with zero attached hydrogens (tertiary/aromatic N) is 1. The summed E-state index contributed by atoms with van der Waals surface area (Å²) in [4.78, 5) is 14.0. The van der Waals surface area contributed by atoms with Crippen LogP contribution in [-0.2, 0) is 4.79 Å². The third-order valence-electron chi connectivity index (χ3n) is 3.17. The number of hydrogen-bond donors (Lipinski definition) is 2. The zero-order valence-electron chi connectivity index (χ0n) is 11.3. The maximum absolute atomic E-state index is 11.9. The van der Waals surface area contributed by atoms with E-state index in [9.17, 15) is 4.79 Å². The van der Waals surface area contributed by atoms with Crippen LogP contribution in [0.15, 0.2) is 18.2 Å². The van der Waals surface area contributed by atoms with Gasteiger partial charge in [-0.3, -0.25) is 4.79 Å². The number of fused-ring (bicyclic) bond motifs is 1. The highest BCUT2D eigenvalue weighted by molar-refractivity contribution is 6.02. The van der Waals surface area contributed by atoms with Gasteiger partial charge in [0, 0.05) is 11.3 Å². The van der Waals surface area contributed by atoms with Crippen LogP contribution in [0.5, 0.6) is 0 Å². The Morgan fingerprint density at radius 2 is 2.17 bits per heavy atom. The Morgan fingerprint density at radius 3 is 2.89 bits per heavy atom. The first-order chi connectivity index (χ1) is 8.58. The average Bonchev–Trinajstić information content (AvgIpc) is 2.60. The smallest absolute Gasteiger partial charge is 0.246 e. The summed E-state index contributed by atoms with van der Waals surface area (Å²) in [5.41, 5.74) is 3.20. The molecule has 1 heterocycles. The van der Waals surface area contributed by atoms with E-state index in [0.717, 1.165) is 30.8 Å². The third-order valence-corrected chi connectivity index (χ3v) is 3.17. The SMILES string of the molecule is Cc1ccc2c(c1)C(NCCCN(C)C)C(=O)N2. The summed E-state index contributed by atoms with van der Waals surface area (Å²) in [6.45, 7) is 3.93. The van der Waals surface area contributed by atoms with Gasteiger partial charge in [0.2, 0.25) is 5.91 Å². The summed E-state index contributed by atoms with van der Waals surface area (Å²) in [5, 5.41) is 6.24. The standard InChI is InChI=1S/C14H21N3O/c1-10-5-6-12-11(9-10)13(14(18)16-12)15-7-4-8-17(2)3/h5-6,9,13,15H,4,7-8H2,1-3H3,(H,16,18). The lowest BCUT2D eigenvalue weighted by Gasteiger charge is -2.13. The van der Waals surface area contributed by atoms with Crippen molar-refractivity contribution in [2.24, 2.45) is 0 Å². The van der Waals surface area contributed by atoms with Gasteiger partial charge in [0.25, 0.3) is 0 Å². The molecule has 98 valence electrons. The van der Waals surface area contributed by atoms with E-state index in [2.05, 4.69) is 35.7 Å². The van der Waals surface area contributed by atoms with Crippen molar-refractivity contribution in [2.75, 3.05) is 32.5 Å². The Bertz CT molecular complexity index is 443. The number of aryl methyl sites for hydroxylation is 1. The molecular formula is C14H21N3O. The van der Waals surface area contributed by atoms with Gasteiger partial charge in [0.05, 0.1) is 0 Å². The van der Waals surface area contributed by atoms with Crippen LogP contribution in [-0.4, -0.2) is 38.0 Å². The minimum Gasteiger partial charge on any atom is -0.324 e. The predicted molar refractivity (Wildman–Crippen MR) is 73.7 cm³/mol. The molecule has 4 heteroatoms. The molecule has 0 aliphatic carbocycles. The molecule has 0 bridgehead atoms. The normalized spacial score (nSPS) is 18.0. The molecule has 4 nitrogen and oxygen atoms in total. The summed E-state index contributed by atoms with van der Waals surface area (Å²) < 4.78 is 0. The summed E-state index contributed by atoms with van der Waals surface area (Å²) in [6, 6.07) is 5.89. The highest BCUT2D eigenvalue weighted by Crippen LogP contribution is 2.31. The highest BCUT2D eigenvalue weighted by atomic mass is 16.2. The van der Waals surface area contributed by atoms with Crippen LogP contribution in [0.1, 0.15) is 23.6 Å². The van der Waals surface area contributed by atoms with Crippen molar-refractivity contribution in [3.63, 3.8) is 0 Å². The van der Waals surface area contributed by atoms with Gasteiger partial charge in [0.15, 0.2) is 0 Å². The first kappa shape index (κ1) is 13.1. The fraction of sp³-hybridized carbons (Fsp3) is 0.500. The van der Waals surface area contributed by atoms with Crippen molar-refractivity contribution in [1.82, 2.24) is 10.2 Å². The molecular weight excluding hydrogens is 226 g/mol. The maximum Gasteiger partial charge on any atom is 0.246 e. The van der Waals surface area contributed by atoms with Crippen LogP contribution in [0.3, 0.4) is 0 Å². The fourth-order valence-electron chi connectivity index (χ4n) is 2.23. The minimum absolute atomic E-state index is 0.0560. The van der Waals surface area contributed by atoms with Crippen molar-refractivity contribution in [3.05, 3.63) is 29.3 Å². The van der Waals surface area contributed by atoms with E-state index in [1.54, 1.807) is 0 Å². The number of carbonyl (C=O) groups excluding carboxylic acids is 1. The first-order valence-corrected chi connectivity index (χ1v) is 6.37. The molecule has 18 heavy (non-hydrogen) atoms. The zero-order valence-corrected chi connectivity index (χ0v) is 11.3. The van der Waals surface area contributed by atoms with Crippen molar-refractivity contribution in [3.8, 4) is 0 Å². The van der Waals surface area contributed by atoms with Crippen LogP contribution in [0.2, 0.25) is 0 Å². The Balaban J connectivity index is 1.97. The lowest BCUT2D eigenvalue weighted by molar-refractivity contribution is -0.117. The van der Waals surface area contributed by atoms with E-state index in [-0.39, 0.29) is 11.9 Å². The summed E-state index contributed by atoms with van der Waals surface area (Å²) in [6.07, 6.45) is 1.04. The zero-order chi connectivity index (χ0) is 13.1. The number of benzene rings is 1. The molecule has 0 saturated heterocycles. The Morgan fingerprint density at radius 1 is 1.39 bits per heavy atom. The van der Waals surface area contributed by atoms with E-state index in [0.29, 0.717) is 0 Å². The van der Waals surface area contributed by atoms with Crippen LogP contribution in [0.25, 0.3) is 0 Å². The molecule has 1 aromatic rings. The van der Waals surface area contributed by atoms with Crippen LogP contribution >= 0.6 is 0 Å². The van der Waals surface area contributed by atoms with Crippen molar-refractivity contribution < 1.29 is 4.79 Å². The van der Waals surface area contributed by atoms with Crippen molar-refractivity contribution in [2.45, 2.75) is 19.4 Å². The second-order valence-corrected chi connectivity index (χ2v) is 5.12. The molecule has 1 unspecified atom stereocenters. The van der Waals surface area contributed by atoms with Crippen molar-refractivity contribution >= 4 is 11.6 Å². The second-order valence-electron chi connectivity index (χ2n) is 5.12. The van der Waals surface area contributed by atoms with Gasteiger partial charge < -0.3 is 15.5 Å². The largest absolute Gasteiger partial charge is 0.324 e. The van der Waals surface area contributed by atoms with Crippen LogP contribution < -0.4 is 10.6 Å². The van der Waals surface area contributed by atoms with E-state index in [4.69, 9.17) is 0 Å². The number of anilines is 1. The predicted octanol–water partition coefficient (Wildman–Crippen LogP) is 1.53. The number of rotatable bonds is 5. The quantitative estimate of drug-likeness (QED) is 0.776. The minimum atomic E-state index is -0.193. The molecule has 1 amide bonds. The molecule has 0 aromatic heterocycles. The molecule has 1 aromatic carbocycles. The van der Waals surface area contributed by atoms with Gasteiger partial charge in [-0.25, -0.2) is 0 Å². The third kappa shape index (κ3) is 2.89. The molecule has 1 aliphatic heterocycles. The molecule has 0 fully saturated rings. The second kappa shape index (κ2) is 5.50. The summed E-state index contributed by atoms with van der Waals surface area (Å²) in [5.74, 6) is 0.0560. The average molecular weight is 247 g/mol. The monoisotopic (exact) mass is 247 g/mol. The molecule has 0 saturated carbocycles. The van der Waals surface area contributed by atoms with E-state index >= 15 is 0 Å².